The first-order valence-corrected chi connectivity index (χ1v) is 6.86. The molecule has 0 aliphatic heterocycles. The summed E-state index contributed by atoms with van der Waals surface area (Å²) in [6.45, 7) is 7.84. The number of nitrogens with one attached hydrogen (secondary N) is 1. The number of amides is 1. The number of carbonyl (C=O) groups is 1. The number of pyridine rings is 1. The van der Waals surface area contributed by atoms with Crippen LogP contribution >= 0.6 is 11.6 Å². The van der Waals surface area contributed by atoms with E-state index >= 15 is 0 Å². The molecule has 1 heterocycles. The second-order valence-electron chi connectivity index (χ2n) is 4.86. The number of halogens is 1. The second kappa shape index (κ2) is 8.12. The smallest absolute Gasteiger partial charge is 0.254 e. The third kappa shape index (κ3) is 6.03. The first kappa shape index (κ1) is 15.9. The summed E-state index contributed by atoms with van der Waals surface area (Å²) in [5.41, 5.74) is 1.19. The first-order valence-electron chi connectivity index (χ1n) is 6.48. The Kier molecular flexibility index (Phi) is 6.81. The van der Waals surface area contributed by atoms with Crippen molar-refractivity contribution in [3.63, 3.8) is 0 Å². The molecule has 0 fully saturated rings. The highest BCUT2D eigenvalue weighted by atomic mass is 35.5. The van der Waals surface area contributed by atoms with Gasteiger partial charge in [0, 0.05) is 25.0 Å². The summed E-state index contributed by atoms with van der Waals surface area (Å²) in [6, 6.07) is 1.68. The lowest BCUT2D eigenvalue weighted by atomic mass is 10.1. The highest BCUT2D eigenvalue weighted by Crippen LogP contribution is 2.15. The molecule has 1 amide bonds. The monoisotopic (exact) mass is 284 g/mol. The Morgan fingerprint density at radius 3 is 2.84 bits per heavy atom. The molecule has 106 valence electrons. The molecule has 1 aromatic heterocycles. The van der Waals surface area contributed by atoms with Gasteiger partial charge >= 0.3 is 0 Å². The molecule has 0 aromatic carbocycles. The zero-order chi connectivity index (χ0) is 14.3. The van der Waals surface area contributed by atoms with Crippen LogP contribution in [0.25, 0.3) is 0 Å². The van der Waals surface area contributed by atoms with Crippen molar-refractivity contribution in [2.24, 2.45) is 5.92 Å². The molecule has 4 nitrogen and oxygen atoms in total. The van der Waals surface area contributed by atoms with Crippen LogP contribution in [0.3, 0.4) is 0 Å². The fourth-order valence-electron chi connectivity index (χ4n) is 1.45. The Bertz CT molecular complexity index is 422. The van der Waals surface area contributed by atoms with Gasteiger partial charge in [-0.25, -0.2) is 0 Å². The van der Waals surface area contributed by atoms with Crippen LogP contribution in [0.2, 0.25) is 5.02 Å². The third-order valence-electron chi connectivity index (χ3n) is 2.61. The van der Waals surface area contributed by atoms with Crippen molar-refractivity contribution in [2.75, 3.05) is 19.8 Å². The molecule has 0 saturated heterocycles. The molecule has 1 aromatic rings. The van der Waals surface area contributed by atoms with Gasteiger partial charge in [0.1, 0.15) is 0 Å². The summed E-state index contributed by atoms with van der Waals surface area (Å²) in [4.78, 5) is 15.9. The van der Waals surface area contributed by atoms with Crippen LogP contribution in [0.4, 0.5) is 0 Å². The molecule has 0 bridgehead atoms. The Balaban J connectivity index is 2.28. The summed E-state index contributed by atoms with van der Waals surface area (Å²) in [6.07, 6.45) is 2.52. The highest BCUT2D eigenvalue weighted by molar-refractivity contribution is 6.33. The normalized spacial score (nSPS) is 10.8. The van der Waals surface area contributed by atoms with Crippen LogP contribution in [0, 0.1) is 12.8 Å². The van der Waals surface area contributed by atoms with Gasteiger partial charge in [-0.05, 0) is 25.3 Å². The number of carbonyl (C=O) groups excluding carboxylic acids is 1. The molecular weight excluding hydrogens is 264 g/mol. The Labute approximate surface area is 119 Å². The Morgan fingerprint density at radius 1 is 1.47 bits per heavy atom. The molecule has 0 aliphatic rings. The van der Waals surface area contributed by atoms with Crippen molar-refractivity contribution < 1.29 is 9.53 Å². The maximum Gasteiger partial charge on any atom is 0.254 e. The fourth-order valence-corrected chi connectivity index (χ4v) is 1.74. The Hall–Kier alpha value is -1.13. The molecular formula is C14H21ClN2O2. The van der Waals surface area contributed by atoms with E-state index in [-0.39, 0.29) is 5.91 Å². The van der Waals surface area contributed by atoms with Crippen LogP contribution in [-0.2, 0) is 4.74 Å². The van der Waals surface area contributed by atoms with E-state index in [0.29, 0.717) is 29.7 Å². The van der Waals surface area contributed by atoms with E-state index in [1.165, 1.54) is 6.20 Å². The third-order valence-corrected chi connectivity index (χ3v) is 2.92. The van der Waals surface area contributed by atoms with Crippen LogP contribution < -0.4 is 5.32 Å². The van der Waals surface area contributed by atoms with Gasteiger partial charge in [-0.3, -0.25) is 9.78 Å². The van der Waals surface area contributed by atoms with Crippen molar-refractivity contribution in [1.29, 1.82) is 0 Å². The molecule has 1 rings (SSSR count). The number of aromatic nitrogens is 1. The molecule has 0 unspecified atom stereocenters. The minimum absolute atomic E-state index is 0.218. The summed E-state index contributed by atoms with van der Waals surface area (Å²) in [7, 11) is 0. The van der Waals surface area contributed by atoms with Gasteiger partial charge in [0.2, 0.25) is 0 Å². The van der Waals surface area contributed by atoms with E-state index in [4.69, 9.17) is 16.3 Å². The van der Waals surface area contributed by atoms with Gasteiger partial charge in [0.25, 0.3) is 5.91 Å². The zero-order valence-electron chi connectivity index (χ0n) is 11.7. The average Bonchev–Trinajstić information content (AvgIpc) is 2.32. The van der Waals surface area contributed by atoms with E-state index in [1.807, 2.05) is 6.92 Å². The maximum atomic E-state index is 11.8. The van der Waals surface area contributed by atoms with Gasteiger partial charge in [-0.15, -0.1) is 0 Å². The van der Waals surface area contributed by atoms with Crippen molar-refractivity contribution in [3.8, 4) is 0 Å². The maximum absolute atomic E-state index is 11.8. The van der Waals surface area contributed by atoms with Crippen molar-refractivity contribution in [2.45, 2.75) is 27.2 Å². The predicted molar refractivity (Wildman–Crippen MR) is 76.6 cm³/mol. The van der Waals surface area contributed by atoms with Crippen LogP contribution in [0.1, 0.15) is 36.3 Å². The summed E-state index contributed by atoms with van der Waals surface area (Å²) in [5, 5.41) is 3.18. The number of ether oxygens (including phenoxy) is 1. The van der Waals surface area contributed by atoms with Gasteiger partial charge in [0.05, 0.1) is 17.2 Å². The highest BCUT2D eigenvalue weighted by Gasteiger charge is 2.10. The average molecular weight is 285 g/mol. The number of hydrogen-bond acceptors (Lipinski definition) is 3. The lowest BCUT2D eigenvalue weighted by molar-refractivity contribution is 0.0905. The molecule has 5 heteroatoms. The lowest BCUT2D eigenvalue weighted by Crippen LogP contribution is -2.27. The second-order valence-corrected chi connectivity index (χ2v) is 5.26. The van der Waals surface area contributed by atoms with E-state index < -0.39 is 0 Å². The number of aryl methyl sites for hydroxylation is 1. The first-order chi connectivity index (χ1) is 9.00. The summed E-state index contributed by atoms with van der Waals surface area (Å²) >= 11 is 5.99. The van der Waals surface area contributed by atoms with Crippen LogP contribution in [-0.4, -0.2) is 30.6 Å². The summed E-state index contributed by atoms with van der Waals surface area (Å²) < 4.78 is 5.42. The molecule has 0 atom stereocenters. The molecule has 0 aliphatic carbocycles. The molecule has 0 saturated carbocycles. The van der Waals surface area contributed by atoms with Crippen molar-refractivity contribution in [3.05, 3.63) is 28.5 Å². The lowest BCUT2D eigenvalue weighted by Gasteiger charge is -2.08. The molecule has 1 N–H and O–H groups in total. The molecule has 0 spiro atoms. The molecule has 0 radical (unpaired) electrons. The van der Waals surface area contributed by atoms with E-state index in [0.717, 1.165) is 18.7 Å². The fraction of sp³-hybridized carbons (Fsp3) is 0.571. The Morgan fingerprint density at radius 2 is 2.21 bits per heavy atom. The minimum Gasteiger partial charge on any atom is -0.380 e. The number of nitrogens with zero attached hydrogens (tertiary/aromatic N) is 1. The zero-order valence-corrected chi connectivity index (χ0v) is 12.5. The van der Waals surface area contributed by atoms with Crippen molar-refractivity contribution in [1.82, 2.24) is 10.3 Å². The van der Waals surface area contributed by atoms with Crippen molar-refractivity contribution >= 4 is 17.5 Å². The minimum atomic E-state index is -0.218. The van der Waals surface area contributed by atoms with Gasteiger partial charge in [-0.1, -0.05) is 25.4 Å². The van der Waals surface area contributed by atoms with E-state index in [2.05, 4.69) is 24.1 Å². The van der Waals surface area contributed by atoms with Gasteiger partial charge in [0.15, 0.2) is 0 Å². The largest absolute Gasteiger partial charge is 0.380 e. The predicted octanol–water partition coefficient (Wildman–Crippen LogP) is 2.84. The SMILES string of the molecule is Cc1cc(Cl)c(C(=O)NCCOCCC(C)C)cn1. The van der Waals surface area contributed by atoms with Gasteiger partial charge < -0.3 is 10.1 Å². The standard InChI is InChI=1S/C14H21ClN2O2/c1-10(2)4-6-19-7-5-16-14(18)12-9-17-11(3)8-13(12)15/h8-10H,4-7H2,1-3H3,(H,16,18). The number of rotatable bonds is 7. The molecule has 19 heavy (non-hydrogen) atoms. The quantitative estimate of drug-likeness (QED) is 0.783. The van der Waals surface area contributed by atoms with Gasteiger partial charge in [-0.2, -0.15) is 0 Å². The summed E-state index contributed by atoms with van der Waals surface area (Å²) in [5.74, 6) is 0.414. The number of hydrogen-bond donors (Lipinski definition) is 1. The van der Waals surface area contributed by atoms with E-state index in [1.54, 1.807) is 6.07 Å². The topological polar surface area (TPSA) is 51.2 Å². The van der Waals surface area contributed by atoms with E-state index in [9.17, 15) is 4.79 Å². The van der Waals surface area contributed by atoms with Crippen LogP contribution in [0.5, 0.6) is 0 Å². The van der Waals surface area contributed by atoms with Crippen LogP contribution in [0.15, 0.2) is 12.3 Å².